The third-order valence-electron chi connectivity index (χ3n) is 4.76. The molecule has 0 amide bonds. The SMILES string of the molecule is CC(C)CC(CNC1CCC(c2ccccc2)CC1)C(=O)O. The lowest BCUT2D eigenvalue weighted by Crippen LogP contribution is -2.38. The molecule has 1 fully saturated rings. The highest BCUT2D eigenvalue weighted by atomic mass is 16.4. The van der Waals surface area contributed by atoms with Crippen LogP contribution in [0, 0.1) is 11.8 Å². The molecule has 0 spiro atoms. The summed E-state index contributed by atoms with van der Waals surface area (Å²) in [6.45, 7) is 4.77. The topological polar surface area (TPSA) is 49.3 Å². The summed E-state index contributed by atoms with van der Waals surface area (Å²) in [4.78, 5) is 11.3. The number of hydrogen-bond donors (Lipinski definition) is 2. The fourth-order valence-corrected chi connectivity index (χ4v) is 3.51. The van der Waals surface area contributed by atoms with Gasteiger partial charge in [-0.05, 0) is 49.5 Å². The average Bonchev–Trinajstić information content (AvgIpc) is 2.52. The standard InChI is InChI=1S/C19H29NO2/c1-14(2)12-17(19(21)22)13-20-18-10-8-16(9-11-18)15-6-4-3-5-7-15/h3-7,14,16-18,20H,8-13H2,1-2H3,(H,21,22). The van der Waals surface area contributed by atoms with Gasteiger partial charge in [0.25, 0.3) is 0 Å². The summed E-state index contributed by atoms with van der Waals surface area (Å²) >= 11 is 0. The van der Waals surface area contributed by atoms with Gasteiger partial charge in [0.15, 0.2) is 0 Å². The largest absolute Gasteiger partial charge is 0.481 e. The molecule has 0 aliphatic heterocycles. The van der Waals surface area contributed by atoms with Crippen LogP contribution in [-0.2, 0) is 4.79 Å². The molecule has 3 heteroatoms. The highest BCUT2D eigenvalue weighted by Gasteiger charge is 2.24. The molecule has 1 aromatic carbocycles. The van der Waals surface area contributed by atoms with Crippen LogP contribution in [0.1, 0.15) is 57.4 Å². The van der Waals surface area contributed by atoms with E-state index in [0.717, 1.165) is 19.3 Å². The van der Waals surface area contributed by atoms with Gasteiger partial charge in [-0.15, -0.1) is 0 Å². The van der Waals surface area contributed by atoms with Crippen LogP contribution < -0.4 is 5.32 Å². The molecular formula is C19H29NO2. The predicted octanol–water partition coefficient (Wildman–Crippen LogP) is 4.05. The molecule has 0 heterocycles. The van der Waals surface area contributed by atoms with Gasteiger partial charge in [0.05, 0.1) is 5.92 Å². The first kappa shape index (κ1) is 17.0. The first-order valence-corrected chi connectivity index (χ1v) is 8.57. The third kappa shape index (κ3) is 5.13. The van der Waals surface area contributed by atoms with Crippen molar-refractivity contribution in [3.8, 4) is 0 Å². The van der Waals surface area contributed by atoms with Crippen LogP contribution >= 0.6 is 0 Å². The zero-order valence-corrected chi connectivity index (χ0v) is 13.8. The van der Waals surface area contributed by atoms with Crippen molar-refractivity contribution in [3.63, 3.8) is 0 Å². The molecule has 1 aliphatic rings. The van der Waals surface area contributed by atoms with Gasteiger partial charge in [0.1, 0.15) is 0 Å². The van der Waals surface area contributed by atoms with Crippen LogP contribution in [0.5, 0.6) is 0 Å². The summed E-state index contributed by atoms with van der Waals surface area (Å²) in [6.07, 6.45) is 5.44. The zero-order valence-electron chi connectivity index (χ0n) is 13.8. The van der Waals surface area contributed by atoms with Crippen molar-refractivity contribution in [3.05, 3.63) is 35.9 Å². The number of carbonyl (C=O) groups is 1. The molecule has 0 bridgehead atoms. The fourth-order valence-electron chi connectivity index (χ4n) is 3.51. The number of hydrogen-bond acceptors (Lipinski definition) is 2. The molecule has 1 aromatic rings. The third-order valence-corrected chi connectivity index (χ3v) is 4.76. The van der Waals surface area contributed by atoms with Crippen LogP contribution in [0.4, 0.5) is 0 Å². The number of aliphatic carboxylic acids is 1. The normalized spacial score (nSPS) is 23.4. The molecule has 0 radical (unpaired) electrons. The minimum atomic E-state index is -0.667. The maximum Gasteiger partial charge on any atom is 0.307 e. The number of rotatable bonds is 7. The van der Waals surface area contributed by atoms with Gasteiger partial charge in [-0.25, -0.2) is 0 Å². The van der Waals surface area contributed by atoms with E-state index < -0.39 is 5.97 Å². The maximum atomic E-state index is 11.3. The van der Waals surface area contributed by atoms with Crippen molar-refractivity contribution in [2.24, 2.45) is 11.8 Å². The molecule has 0 saturated heterocycles. The van der Waals surface area contributed by atoms with E-state index in [0.29, 0.717) is 24.4 Å². The number of nitrogens with one attached hydrogen (secondary N) is 1. The van der Waals surface area contributed by atoms with Crippen molar-refractivity contribution in [1.29, 1.82) is 0 Å². The van der Waals surface area contributed by atoms with Gasteiger partial charge in [0, 0.05) is 12.6 Å². The van der Waals surface area contributed by atoms with Crippen LogP contribution in [0.2, 0.25) is 0 Å². The highest BCUT2D eigenvalue weighted by molar-refractivity contribution is 5.70. The average molecular weight is 303 g/mol. The Hall–Kier alpha value is -1.35. The number of carboxylic acids is 1. The molecule has 1 aliphatic carbocycles. The molecule has 1 atom stereocenters. The Kier molecular flexibility index (Phi) is 6.44. The van der Waals surface area contributed by atoms with Gasteiger partial charge < -0.3 is 10.4 Å². The van der Waals surface area contributed by atoms with E-state index in [-0.39, 0.29) is 5.92 Å². The van der Waals surface area contributed by atoms with Gasteiger partial charge in [-0.2, -0.15) is 0 Å². The molecule has 1 saturated carbocycles. The van der Waals surface area contributed by atoms with Gasteiger partial charge in [0.2, 0.25) is 0 Å². The number of carboxylic acid groups (broad SMARTS) is 1. The Labute approximate surface area is 134 Å². The summed E-state index contributed by atoms with van der Waals surface area (Å²) in [5.41, 5.74) is 1.45. The van der Waals surface area contributed by atoms with E-state index in [2.05, 4.69) is 49.5 Å². The van der Waals surface area contributed by atoms with E-state index in [1.54, 1.807) is 0 Å². The Morgan fingerprint density at radius 3 is 2.36 bits per heavy atom. The van der Waals surface area contributed by atoms with Crippen molar-refractivity contribution < 1.29 is 9.90 Å². The Bertz CT molecular complexity index is 450. The molecule has 3 nitrogen and oxygen atoms in total. The smallest absolute Gasteiger partial charge is 0.307 e. The van der Waals surface area contributed by atoms with E-state index in [4.69, 9.17) is 0 Å². The van der Waals surface area contributed by atoms with Gasteiger partial charge in [-0.3, -0.25) is 4.79 Å². The van der Waals surface area contributed by atoms with Crippen LogP contribution in [-0.4, -0.2) is 23.7 Å². The first-order chi connectivity index (χ1) is 10.6. The second kappa shape index (κ2) is 8.33. The molecular weight excluding hydrogens is 274 g/mol. The van der Waals surface area contributed by atoms with Gasteiger partial charge in [-0.1, -0.05) is 44.2 Å². The van der Waals surface area contributed by atoms with E-state index in [1.807, 2.05) is 0 Å². The van der Waals surface area contributed by atoms with Crippen LogP contribution in [0.15, 0.2) is 30.3 Å². The second-order valence-corrected chi connectivity index (χ2v) is 7.03. The Morgan fingerprint density at radius 2 is 1.82 bits per heavy atom. The van der Waals surface area contributed by atoms with E-state index >= 15 is 0 Å². The Morgan fingerprint density at radius 1 is 1.18 bits per heavy atom. The minimum Gasteiger partial charge on any atom is -0.481 e. The fraction of sp³-hybridized carbons (Fsp3) is 0.632. The maximum absolute atomic E-state index is 11.3. The van der Waals surface area contributed by atoms with Crippen LogP contribution in [0.3, 0.4) is 0 Å². The van der Waals surface area contributed by atoms with E-state index in [9.17, 15) is 9.90 Å². The lowest BCUT2D eigenvalue weighted by molar-refractivity contribution is -0.142. The second-order valence-electron chi connectivity index (χ2n) is 7.03. The molecule has 22 heavy (non-hydrogen) atoms. The first-order valence-electron chi connectivity index (χ1n) is 8.57. The van der Waals surface area contributed by atoms with Gasteiger partial charge >= 0.3 is 5.97 Å². The van der Waals surface area contributed by atoms with Crippen LogP contribution in [0.25, 0.3) is 0 Å². The van der Waals surface area contributed by atoms with Crippen molar-refractivity contribution in [2.45, 2.75) is 57.9 Å². The summed E-state index contributed by atoms with van der Waals surface area (Å²) < 4.78 is 0. The minimum absolute atomic E-state index is 0.258. The molecule has 0 aromatic heterocycles. The summed E-state index contributed by atoms with van der Waals surface area (Å²) in [7, 11) is 0. The zero-order chi connectivity index (χ0) is 15.9. The Balaban J connectivity index is 1.76. The summed E-state index contributed by atoms with van der Waals surface area (Å²) in [6, 6.07) is 11.2. The summed E-state index contributed by atoms with van der Waals surface area (Å²) in [5.74, 6) is 0.174. The summed E-state index contributed by atoms with van der Waals surface area (Å²) in [5, 5.41) is 12.8. The monoisotopic (exact) mass is 303 g/mol. The lowest BCUT2D eigenvalue weighted by Gasteiger charge is -2.30. The van der Waals surface area contributed by atoms with Crippen molar-refractivity contribution in [2.75, 3.05) is 6.54 Å². The number of benzene rings is 1. The van der Waals surface area contributed by atoms with Crippen molar-refractivity contribution >= 4 is 5.97 Å². The molecule has 2 N–H and O–H groups in total. The molecule has 122 valence electrons. The predicted molar refractivity (Wildman–Crippen MR) is 90.0 cm³/mol. The quantitative estimate of drug-likeness (QED) is 0.799. The molecule has 1 unspecified atom stereocenters. The highest BCUT2D eigenvalue weighted by Crippen LogP contribution is 2.32. The van der Waals surface area contributed by atoms with Crippen molar-refractivity contribution in [1.82, 2.24) is 5.32 Å². The lowest BCUT2D eigenvalue weighted by atomic mass is 9.81. The molecule has 2 rings (SSSR count). The van der Waals surface area contributed by atoms with E-state index in [1.165, 1.54) is 18.4 Å².